The highest BCUT2D eigenvalue weighted by atomic mass is 79.9. The van der Waals surface area contributed by atoms with E-state index in [0.29, 0.717) is 17.8 Å². The standard InChI is InChI=1S/C13H17BrN2OS.ClH/c1-13(5-2-6-18-13)8-16-12(17)10-4-3-9(14)7-11(10)15;/h3-4,7H,2,5-6,8,15H2,1H3,(H,16,17);1H. The lowest BCUT2D eigenvalue weighted by molar-refractivity contribution is 0.0951. The summed E-state index contributed by atoms with van der Waals surface area (Å²) in [4.78, 5) is 12.1. The minimum atomic E-state index is -0.0891. The van der Waals surface area contributed by atoms with Crippen molar-refractivity contribution in [2.45, 2.75) is 24.5 Å². The molecule has 1 aromatic rings. The van der Waals surface area contributed by atoms with Gasteiger partial charge in [-0.05, 0) is 43.7 Å². The number of halogens is 2. The number of thioether (sulfide) groups is 1. The molecule has 0 bridgehead atoms. The number of hydrogen-bond acceptors (Lipinski definition) is 3. The van der Waals surface area contributed by atoms with Crippen LogP contribution in [0.2, 0.25) is 0 Å². The molecular weight excluding hydrogens is 348 g/mol. The Bertz CT molecular complexity index is 464. The quantitative estimate of drug-likeness (QED) is 0.806. The maximum Gasteiger partial charge on any atom is 0.253 e. The van der Waals surface area contributed by atoms with E-state index >= 15 is 0 Å². The number of carbonyl (C=O) groups excluding carboxylic acids is 1. The molecule has 0 aromatic heterocycles. The second kappa shape index (κ2) is 6.86. The lowest BCUT2D eigenvalue weighted by atomic mass is 10.1. The number of nitrogens with two attached hydrogens (primary N) is 1. The van der Waals surface area contributed by atoms with Gasteiger partial charge in [-0.25, -0.2) is 0 Å². The summed E-state index contributed by atoms with van der Waals surface area (Å²) in [5, 5.41) is 2.99. The first-order chi connectivity index (χ1) is 8.50. The summed E-state index contributed by atoms with van der Waals surface area (Å²) in [6.07, 6.45) is 2.39. The fourth-order valence-electron chi connectivity index (χ4n) is 2.08. The molecule has 1 aliphatic rings. The van der Waals surface area contributed by atoms with Crippen molar-refractivity contribution in [1.82, 2.24) is 5.32 Å². The largest absolute Gasteiger partial charge is 0.398 e. The lowest BCUT2D eigenvalue weighted by Gasteiger charge is -2.23. The molecule has 1 aromatic carbocycles. The van der Waals surface area contributed by atoms with E-state index in [1.807, 2.05) is 17.8 Å². The third-order valence-corrected chi connectivity index (χ3v) is 5.21. The fourth-order valence-corrected chi connectivity index (χ4v) is 3.70. The van der Waals surface area contributed by atoms with Crippen molar-refractivity contribution in [1.29, 1.82) is 0 Å². The van der Waals surface area contributed by atoms with E-state index < -0.39 is 0 Å². The van der Waals surface area contributed by atoms with E-state index in [4.69, 9.17) is 5.73 Å². The molecule has 3 N–H and O–H groups in total. The molecule has 0 spiro atoms. The topological polar surface area (TPSA) is 55.1 Å². The van der Waals surface area contributed by atoms with E-state index in [9.17, 15) is 4.79 Å². The molecule has 0 radical (unpaired) electrons. The summed E-state index contributed by atoms with van der Waals surface area (Å²) < 4.78 is 1.06. The van der Waals surface area contributed by atoms with Crippen LogP contribution in [0.3, 0.4) is 0 Å². The van der Waals surface area contributed by atoms with Crippen LogP contribution in [0.4, 0.5) is 5.69 Å². The van der Waals surface area contributed by atoms with Gasteiger partial charge in [0.15, 0.2) is 0 Å². The van der Waals surface area contributed by atoms with Crippen LogP contribution in [0.25, 0.3) is 0 Å². The van der Waals surface area contributed by atoms with Gasteiger partial charge in [-0.2, -0.15) is 11.8 Å². The monoisotopic (exact) mass is 364 g/mol. The van der Waals surface area contributed by atoms with Gasteiger partial charge in [0.05, 0.1) is 5.56 Å². The first-order valence-corrected chi connectivity index (χ1v) is 7.75. The van der Waals surface area contributed by atoms with Crippen LogP contribution in [0.15, 0.2) is 22.7 Å². The second-order valence-electron chi connectivity index (χ2n) is 4.82. The van der Waals surface area contributed by atoms with E-state index in [1.165, 1.54) is 12.2 Å². The molecule has 1 aliphatic heterocycles. The van der Waals surface area contributed by atoms with Gasteiger partial charge in [0, 0.05) is 21.5 Å². The molecule has 1 amide bonds. The maximum atomic E-state index is 12.1. The molecule has 3 nitrogen and oxygen atoms in total. The predicted octanol–water partition coefficient (Wildman–Crippen LogP) is 3.47. The minimum Gasteiger partial charge on any atom is -0.398 e. The zero-order valence-electron chi connectivity index (χ0n) is 10.7. The first-order valence-electron chi connectivity index (χ1n) is 5.97. The van der Waals surface area contributed by atoms with Gasteiger partial charge in [0.25, 0.3) is 5.91 Å². The van der Waals surface area contributed by atoms with Crippen LogP contribution in [0.1, 0.15) is 30.1 Å². The number of benzene rings is 1. The van der Waals surface area contributed by atoms with Crippen molar-refractivity contribution >= 4 is 51.7 Å². The van der Waals surface area contributed by atoms with Crippen LogP contribution in [-0.4, -0.2) is 23.0 Å². The van der Waals surface area contributed by atoms with Gasteiger partial charge in [-0.3, -0.25) is 4.79 Å². The third-order valence-electron chi connectivity index (χ3n) is 3.18. The van der Waals surface area contributed by atoms with Gasteiger partial charge in [-0.1, -0.05) is 15.9 Å². The number of amides is 1. The van der Waals surface area contributed by atoms with Crippen LogP contribution in [0, 0.1) is 0 Å². The van der Waals surface area contributed by atoms with Crippen molar-refractivity contribution < 1.29 is 4.79 Å². The summed E-state index contributed by atoms with van der Waals surface area (Å²) in [6.45, 7) is 2.90. The highest BCUT2D eigenvalue weighted by molar-refractivity contribution is 9.10. The Labute approximate surface area is 132 Å². The molecule has 1 fully saturated rings. The fraction of sp³-hybridized carbons (Fsp3) is 0.462. The smallest absolute Gasteiger partial charge is 0.253 e. The molecule has 19 heavy (non-hydrogen) atoms. The van der Waals surface area contributed by atoms with E-state index in [1.54, 1.807) is 12.1 Å². The Morgan fingerprint density at radius 1 is 1.58 bits per heavy atom. The van der Waals surface area contributed by atoms with Crippen LogP contribution in [-0.2, 0) is 0 Å². The molecular formula is C13H18BrClN2OS. The van der Waals surface area contributed by atoms with Gasteiger partial charge in [-0.15, -0.1) is 12.4 Å². The third kappa shape index (κ3) is 4.29. The molecule has 2 rings (SSSR count). The number of hydrogen-bond donors (Lipinski definition) is 2. The number of anilines is 1. The van der Waals surface area contributed by atoms with Gasteiger partial charge in [0.1, 0.15) is 0 Å². The molecule has 1 unspecified atom stereocenters. The SMILES string of the molecule is CC1(CNC(=O)c2ccc(Br)cc2N)CCCS1.Cl. The number of nitrogen functional groups attached to an aromatic ring is 1. The number of rotatable bonds is 3. The second-order valence-corrected chi connectivity index (χ2v) is 7.41. The number of carbonyl (C=O) groups is 1. The molecule has 6 heteroatoms. The Morgan fingerprint density at radius 2 is 2.32 bits per heavy atom. The van der Waals surface area contributed by atoms with Crippen LogP contribution >= 0.6 is 40.1 Å². The average Bonchev–Trinajstić information content (AvgIpc) is 2.74. The van der Waals surface area contributed by atoms with E-state index in [2.05, 4.69) is 28.2 Å². The lowest BCUT2D eigenvalue weighted by Crippen LogP contribution is -2.37. The maximum absolute atomic E-state index is 12.1. The Balaban J connectivity index is 0.00000180. The van der Waals surface area contributed by atoms with Gasteiger partial charge in [0.2, 0.25) is 0 Å². The Morgan fingerprint density at radius 3 is 2.89 bits per heavy atom. The van der Waals surface area contributed by atoms with Crippen LogP contribution in [0.5, 0.6) is 0 Å². The zero-order valence-corrected chi connectivity index (χ0v) is 14.0. The van der Waals surface area contributed by atoms with E-state index in [0.717, 1.165) is 10.9 Å². The molecule has 1 atom stereocenters. The van der Waals surface area contributed by atoms with Crippen molar-refractivity contribution in [3.05, 3.63) is 28.2 Å². The Kier molecular flexibility index (Phi) is 6.02. The average molecular weight is 366 g/mol. The van der Waals surface area contributed by atoms with Crippen molar-refractivity contribution in [3.63, 3.8) is 0 Å². The summed E-state index contributed by atoms with van der Waals surface area (Å²) >= 11 is 5.27. The summed E-state index contributed by atoms with van der Waals surface area (Å²) in [6, 6.07) is 5.33. The van der Waals surface area contributed by atoms with Gasteiger partial charge < -0.3 is 11.1 Å². The molecule has 1 saturated heterocycles. The summed E-state index contributed by atoms with van der Waals surface area (Å²) in [5.74, 6) is 1.10. The van der Waals surface area contributed by atoms with Crippen molar-refractivity contribution in [2.24, 2.45) is 0 Å². The molecule has 0 aliphatic carbocycles. The van der Waals surface area contributed by atoms with Gasteiger partial charge >= 0.3 is 0 Å². The molecule has 1 heterocycles. The molecule has 106 valence electrons. The highest BCUT2D eigenvalue weighted by Gasteiger charge is 2.29. The Hall–Kier alpha value is -0.390. The summed E-state index contributed by atoms with van der Waals surface area (Å²) in [5.41, 5.74) is 6.89. The van der Waals surface area contributed by atoms with E-state index in [-0.39, 0.29) is 23.1 Å². The highest BCUT2D eigenvalue weighted by Crippen LogP contribution is 2.37. The van der Waals surface area contributed by atoms with Crippen molar-refractivity contribution in [2.75, 3.05) is 18.0 Å². The normalized spacial score (nSPS) is 21.8. The molecule has 0 saturated carbocycles. The first kappa shape index (κ1) is 16.7. The van der Waals surface area contributed by atoms with Crippen molar-refractivity contribution in [3.8, 4) is 0 Å². The predicted molar refractivity (Wildman–Crippen MR) is 88.2 cm³/mol. The zero-order chi connectivity index (χ0) is 13.2. The minimum absolute atomic E-state index is 0. The summed E-state index contributed by atoms with van der Waals surface area (Å²) in [7, 11) is 0. The number of nitrogens with one attached hydrogen (secondary N) is 1. The van der Waals surface area contributed by atoms with Crippen LogP contribution < -0.4 is 11.1 Å².